The summed E-state index contributed by atoms with van der Waals surface area (Å²) in [5, 5.41) is 0. The highest BCUT2D eigenvalue weighted by atomic mass is 14.4. The van der Waals surface area contributed by atoms with Gasteiger partial charge in [0.2, 0.25) is 0 Å². The summed E-state index contributed by atoms with van der Waals surface area (Å²) in [6, 6.07) is 18.1. The van der Waals surface area contributed by atoms with Crippen molar-refractivity contribution < 1.29 is 0 Å². The third-order valence-corrected chi connectivity index (χ3v) is 4.78. The maximum atomic E-state index is 2.36. The number of fused-ring (bicyclic) bond motifs is 6. The van der Waals surface area contributed by atoms with Gasteiger partial charge in [-0.25, -0.2) is 0 Å². The quantitative estimate of drug-likeness (QED) is 0.594. The van der Waals surface area contributed by atoms with Crippen LogP contribution in [0.5, 0.6) is 0 Å². The summed E-state index contributed by atoms with van der Waals surface area (Å²) in [4.78, 5) is 0. The number of benzene rings is 2. The third-order valence-electron chi connectivity index (χ3n) is 4.78. The van der Waals surface area contributed by atoms with Gasteiger partial charge in [0.15, 0.2) is 0 Å². The molecule has 1 fully saturated rings. The molecule has 18 heavy (non-hydrogen) atoms. The largest absolute Gasteiger partial charge is 0.0619 e. The molecule has 0 N–H and O–H groups in total. The first-order valence-corrected chi connectivity index (χ1v) is 7.13. The van der Waals surface area contributed by atoms with Crippen molar-refractivity contribution in [1.82, 2.24) is 0 Å². The van der Waals surface area contributed by atoms with Crippen molar-refractivity contribution in [3.63, 3.8) is 0 Å². The summed E-state index contributed by atoms with van der Waals surface area (Å²) in [7, 11) is 0. The molecule has 0 nitrogen and oxygen atoms in total. The van der Waals surface area contributed by atoms with Crippen molar-refractivity contribution >= 4 is 0 Å². The predicted molar refractivity (Wildman–Crippen MR) is 75.8 cm³/mol. The lowest BCUT2D eigenvalue weighted by atomic mass is 9.66. The van der Waals surface area contributed by atoms with Crippen LogP contribution in [0.15, 0.2) is 48.5 Å². The van der Waals surface area contributed by atoms with E-state index in [1.54, 1.807) is 11.1 Å². The van der Waals surface area contributed by atoms with Crippen molar-refractivity contribution in [2.45, 2.75) is 37.5 Å². The van der Waals surface area contributed by atoms with E-state index in [-0.39, 0.29) is 0 Å². The van der Waals surface area contributed by atoms with E-state index >= 15 is 0 Å². The second-order valence-electron chi connectivity index (χ2n) is 5.67. The summed E-state index contributed by atoms with van der Waals surface area (Å²) in [5.41, 5.74) is 6.16. The molecule has 0 aromatic heterocycles. The first-order chi connectivity index (χ1) is 8.95. The van der Waals surface area contributed by atoms with Gasteiger partial charge in [-0.1, -0.05) is 61.4 Å². The smallest absolute Gasteiger partial charge is 0.00867 e. The zero-order valence-electron chi connectivity index (χ0n) is 10.6. The molecule has 2 aromatic carbocycles. The van der Waals surface area contributed by atoms with Gasteiger partial charge < -0.3 is 0 Å². The Labute approximate surface area is 109 Å². The number of hydrogen-bond donors (Lipinski definition) is 0. The highest BCUT2D eigenvalue weighted by molar-refractivity contribution is 5.75. The minimum atomic E-state index is 0.768. The van der Waals surface area contributed by atoms with E-state index in [9.17, 15) is 0 Å². The fourth-order valence-corrected chi connectivity index (χ4v) is 4.01. The van der Waals surface area contributed by atoms with Crippen LogP contribution in [0.2, 0.25) is 0 Å². The van der Waals surface area contributed by atoms with Crippen molar-refractivity contribution in [2.24, 2.45) is 0 Å². The molecule has 2 aliphatic carbocycles. The second kappa shape index (κ2) is 3.98. The molecule has 2 atom stereocenters. The standard InChI is InChI=1S/C18H18/c1-2-8-14-13(7-1)15-9-3-4-11-17(15)18-12-6-5-10-16(14)18/h1-4,7-9,11,16,18H,5-6,10,12H2. The van der Waals surface area contributed by atoms with Crippen LogP contribution in [0.1, 0.15) is 48.6 Å². The molecule has 0 heterocycles. The summed E-state index contributed by atoms with van der Waals surface area (Å²) in [6.07, 6.45) is 5.54. The van der Waals surface area contributed by atoms with E-state index in [1.807, 2.05) is 0 Å². The fraction of sp³-hybridized carbons (Fsp3) is 0.333. The lowest BCUT2D eigenvalue weighted by molar-refractivity contribution is 0.383. The summed E-state index contributed by atoms with van der Waals surface area (Å²) in [6.45, 7) is 0. The second-order valence-corrected chi connectivity index (χ2v) is 5.67. The molecule has 0 bridgehead atoms. The van der Waals surface area contributed by atoms with Crippen LogP contribution in [0.4, 0.5) is 0 Å². The average Bonchev–Trinajstić information content (AvgIpc) is 2.48. The van der Waals surface area contributed by atoms with E-state index < -0.39 is 0 Å². The maximum Gasteiger partial charge on any atom is -0.00867 e. The van der Waals surface area contributed by atoms with E-state index in [1.165, 1.54) is 36.8 Å². The Balaban J connectivity index is 1.99. The zero-order valence-corrected chi connectivity index (χ0v) is 10.6. The van der Waals surface area contributed by atoms with Gasteiger partial charge >= 0.3 is 0 Å². The summed E-state index contributed by atoms with van der Waals surface area (Å²) < 4.78 is 0. The van der Waals surface area contributed by atoms with Crippen LogP contribution < -0.4 is 0 Å². The average molecular weight is 234 g/mol. The molecule has 4 rings (SSSR count). The Morgan fingerprint density at radius 3 is 1.56 bits per heavy atom. The lowest BCUT2D eigenvalue weighted by Gasteiger charge is -2.38. The number of hydrogen-bond acceptors (Lipinski definition) is 0. The Bertz CT molecular complexity index is 529. The van der Waals surface area contributed by atoms with Crippen LogP contribution in [0.3, 0.4) is 0 Å². The molecule has 2 unspecified atom stereocenters. The predicted octanol–water partition coefficient (Wildman–Crippen LogP) is 5.11. The normalized spacial score (nSPS) is 24.9. The van der Waals surface area contributed by atoms with Crippen molar-refractivity contribution in [2.75, 3.05) is 0 Å². The monoisotopic (exact) mass is 234 g/mol. The Kier molecular flexibility index (Phi) is 2.29. The molecule has 0 aliphatic heterocycles. The summed E-state index contributed by atoms with van der Waals surface area (Å²) in [5.74, 6) is 1.54. The minimum Gasteiger partial charge on any atom is -0.0619 e. The maximum absolute atomic E-state index is 2.36. The highest BCUT2D eigenvalue weighted by Crippen LogP contribution is 2.52. The van der Waals surface area contributed by atoms with Gasteiger partial charge in [0.25, 0.3) is 0 Å². The molecular weight excluding hydrogens is 216 g/mol. The minimum absolute atomic E-state index is 0.768. The summed E-state index contributed by atoms with van der Waals surface area (Å²) >= 11 is 0. The van der Waals surface area contributed by atoms with Gasteiger partial charge in [0.1, 0.15) is 0 Å². The molecule has 0 spiro atoms. The van der Waals surface area contributed by atoms with Gasteiger partial charge in [-0.05, 0) is 46.9 Å². The van der Waals surface area contributed by atoms with Crippen molar-refractivity contribution in [3.05, 3.63) is 59.7 Å². The lowest BCUT2D eigenvalue weighted by Crippen LogP contribution is -2.21. The van der Waals surface area contributed by atoms with Crippen molar-refractivity contribution in [3.8, 4) is 11.1 Å². The molecule has 0 amide bonds. The zero-order chi connectivity index (χ0) is 11.9. The van der Waals surface area contributed by atoms with Gasteiger partial charge in [-0.15, -0.1) is 0 Å². The van der Waals surface area contributed by atoms with Crippen LogP contribution in [0.25, 0.3) is 11.1 Å². The Hall–Kier alpha value is -1.56. The van der Waals surface area contributed by atoms with E-state index in [4.69, 9.17) is 0 Å². The Morgan fingerprint density at radius 1 is 0.611 bits per heavy atom. The highest BCUT2D eigenvalue weighted by Gasteiger charge is 2.34. The molecule has 0 radical (unpaired) electrons. The molecule has 0 heteroatoms. The molecule has 90 valence electrons. The van der Waals surface area contributed by atoms with Crippen molar-refractivity contribution in [1.29, 1.82) is 0 Å². The molecule has 2 aromatic rings. The first-order valence-electron chi connectivity index (χ1n) is 7.13. The molecule has 2 aliphatic rings. The molecule has 1 saturated carbocycles. The van der Waals surface area contributed by atoms with Crippen LogP contribution in [-0.4, -0.2) is 0 Å². The molecular formula is C18H18. The van der Waals surface area contributed by atoms with Crippen LogP contribution in [0, 0.1) is 0 Å². The van der Waals surface area contributed by atoms with Gasteiger partial charge in [-0.2, -0.15) is 0 Å². The van der Waals surface area contributed by atoms with Crippen LogP contribution in [-0.2, 0) is 0 Å². The van der Waals surface area contributed by atoms with Gasteiger partial charge in [-0.3, -0.25) is 0 Å². The number of rotatable bonds is 0. The molecule has 0 saturated heterocycles. The topological polar surface area (TPSA) is 0 Å². The SMILES string of the molecule is c1ccc2c(c1)-c1ccccc1C1CCCCC21. The van der Waals surface area contributed by atoms with Gasteiger partial charge in [0, 0.05) is 0 Å². The van der Waals surface area contributed by atoms with E-state index in [0.29, 0.717) is 0 Å². The third kappa shape index (κ3) is 1.38. The van der Waals surface area contributed by atoms with Gasteiger partial charge in [0.05, 0.1) is 0 Å². The van der Waals surface area contributed by atoms with E-state index in [0.717, 1.165) is 11.8 Å². The Morgan fingerprint density at radius 2 is 1.06 bits per heavy atom. The fourth-order valence-electron chi connectivity index (χ4n) is 4.01. The van der Waals surface area contributed by atoms with Crippen LogP contribution >= 0.6 is 0 Å². The first kappa shape index (κ1) is 10.4. The van der Waals surface area contributed by atoms with E-state index in [2.05, 4.69) is 48.5 Å².